The van der Waals surface area contributed by atoms with Gasteiger partial charge in [0, 0.05) is 22.8 Å². The number of carbonyl (C=O) groups excluding carboxylic acids is 1. The lowest BCUT2D eigenvalue weighted by molar-refractivity contribution is -0.117. The number of hydrogen-bond acceptors (Lipinski definition) is 3. The molecule has 2 N–H and O–H groups in total. The third-order valence-corrected chi connectivity index (χ3v) is 4.08. The minimum absolute atomic E-state index is 0.168. The minimum atomic E-state index is 0.168. The maximum Gasteiger partial charge on any atom is 0.232 e. The molecule has 0 saturated heterocycles. The molecule has 92 valence electrons. The fraction of sp³-hybridized carbons (Fsp3) is 0.214. The first-order chi connectivity index (χ1) is 8.74. The summed E-state index contributed by atoms with van der Waals surface area (Å²) in [5.41, 5.74) is 8.72. The van der Waals surface area contributed by atoms with Gasteiger partial charge in [0.1, 0.15) is 0 Å². The number of fused-ring (bicyclic) bond motifs is 1. The molecule has 0 aliphatic carbocycles. The highest BCUT2D eigenvalue weighted by molar-refractivity contribution is 7.10. The van der Waals surface area contributed by atoms with E-state index >= 15 is 0 Å². The van der Waals surface area contributed by atoms with Gasteiger partial charge in [-0.2, -0.15) is 0 Å². The topological polar surface area (TPSA) is 46.3 Å². The first-order valence-electron chi connectivity index (χ1n) is 5.95. The van der Waals surface area contributed by atoms with Crippen molar-refractivity contribution >= 4 is 28.6 Å². The predicted octanol–water partition coefficient (Wildman–Crippen LogP) is 2.46. The molecule has 3 rings (SSSR count). The number of hydrogen-bond donors (Lipinski definition) is 1. The molecule has 0 fully saturated rings. The predicted molar refractivity (Wildman–Crippen MR) is 74.9 cm³/mol. The van der Waals surface area contributed by atoms with Gasteiger partial charge in [-0.15, -0.1) is 11.3 Å². The maximum absolute atomic E-state index is 12.3. The highest BCUT2D eigenvalue weighted by Crippen LogP contribution is 2.30. The van der Waals surface area contributed by atoms with Crippen molar-refractivity contribution in [2.75, 3.05) is 17.2 Å². The van der Waals surface area contributed by atoms with Crippen LogP contribution in [0, 0.1) is 0 Å². The smallest absolute Gasteiger partial charge is 0.232 e. The number of thiophene rings is 1. The molecule has 18 heavy (non-hydrogen) atoms. The van der Waals surface area contributed by atoms with Crippen molar-refractivity contribution < 1.29 is 4.79 Å². The summed E-state index contributed by atoms with van der Waals surface area (Å²) in [6, 6.07) is 9.75. The van der Waals surface area contributed by atoms with Crippen LogP contribution in [0.25, 0.3) is 0 Å². The second kappa shape index (κ2) is 4.46. The number of nitrogen functional groups attached to an aromatic ring is 1. The highest BCUT2D eigenvalue weighted by atomic mass is 32.1. The standard InChI is InChI=1S/C14H14N2OS/c15-11-3-4-13-10(8-11)5-6-16(13)14(17)9-12-2-1-7-18-12/h1-4,7-8H,5-6,9,15H2. The normalized spacial score (nSPS) is 13.7. The van der Waals surface area contributed by atoms with Gasteiger partial charge in [-0.3, -0.25) is 4.79 Å². The molecule has 0 spiro atoms. The molecule has 2 aromatic rings. The second-order valence-electron chi connectivity index (χ2n) is 4.44. The number of benzene rings is 1. The van der Waals surface area contributed by atoms with E-state index in [4.69, 9.17) is 5.73 Å². The number of rotatable bonds is 2. The van der Waals surface area contributed by atoms with E-state index in [-0.39, 0.29) is 5.91 Å². The molecule has 1 aliphatic heterocycles. The molecule has 0 unspecified atom stereocenters. The van der Waals surface area contributed by atoms with Gasteiger partial charge in [0.2, 0.25) is 5.91 Å². The van der Waals surface area contributed by atoms with Gasteiger partial charge in [0.15, 0.2) is 0 Å². The Kier molecular flexibility index (Phi) is 2.80. The molecule has 2 heterocycles. The number of amides is 1. The molecule has 4 heteroatoms. The zero-order valence-electron chi connectivity index (χ0n) is 9.93. The summed E-state index contributed by atoms with van der Waals surface area (Å²) in [5, 5.41) is 2.00. The molecular formula is C14H14N2OS. The lowest BCUT2D eigenvalue weighted by Gasteiger charge is -2.17. The zero-order chi connectivity index (χ0) is 12.5. The van der Waals surface area contributed by atoms with Crippen molar-refractivity contribution in [3.8, 4) is 0 Å². The fourth-order valence-corrected chi connectivity index (χ4v) is 3.03. The molecule has 0 saturated carbocycles. The largest absolute Gasteiger partial charge is 0.399 e. The molecular weight excluding hydrogens is 244 g/mol. The van der Waals surface area contributed by atoms with Crippen molar-refractivity contribution in [2.24, 2.45) is 0 Å². The Morgan fingerprint density at radius 2 is 2.28 bits per heavy atom. The molecule has 1 aromatic heterocycles. The Bertz CT molecular complexity index is 577. The summed E-state index contributed by atoms with van der Waals surface area (Å²) in [7, 11) is 0. The summed E-state index contributed by atoms with van der Waals surface area (Å²) in [6.45, 7) is 0.767. The molecule has 0 radical (unpaired) electrons. The van der Waals surface area contributed by atoms with Gasteiger partial charge < -0.3 is 10.6 Å². The average molecular weight is 258 g/mol. The first-order valence-corrected chi connectivity index (χ1v) is 6.83. The summed E-state index contributed by atoms with van der Waals surface area (Å²) >= 11 is 1.63. The monoisotopic (exact) mass is 258 g/mol. The van der Waals surface area contributed by atoms with Crippen molar-refractivity contribution in [3.63, 3.8) is 0 Å². The van der Waals surface area contributed by atoms with Gasteiger partial charge in [-0.1, -0.05) is 6.07 Å². The Morgan fingerprint density at radius 3 is 3.06 bits per heavy atom. The van der Waals surface area contributed by atoms with Crippen molar-refractivity contribution in [2.45, 2.75) is 12.8 Å². The molecule has 1 amide bonds. The second-order valence-corrected chi connectivity index (χ2v) is 5.47. The number of carbonyl (C=O) groups is 1. The van der Waals surface area contributed by atoms with Crippen molar-refractivity contribution in [1.82, 2.24) is 0 Å². The highest BCUT2D eigenvalue weighted by Gasteiger charge is 2.24. The van der Waals surface area contributed by atoms with Crippen LogP contribution in [0.4, 0.5) is 11.4 Å². The van der Waals surface area contributed by atoms with E-state index in [2.05, 4.69) is 0 Å². The van der Waals surface area contributed by atoms with Gasteiger partial charge in [-0.05, 0) is 41.6 Å². The number of nitrogens with zero attached hydrogens (tertiary/aromatic N) is 1. The van der Waals surface area contributed by atoms with E-state index in [1.54, 1.807) is 11.3 Å². The summed E-state index contributed by atoms with van der Waals surface area (Å²) in [6.07, 6.45) is 1.39. The van der Waals surface area contributed by atoms with Gasteiger partial charge in [-0.25, -0.2) is 0 Å². The summed E-state index contributed by atoms with van der Waals surface area (Å²) < 4.78 is 0. The Labute approximate surface area is 110 Å². The van der Waals surface area contributed by atoms with Crippen molar-refractivity contribution in [3.05, 3.63) is 46.2 Å². The van der Waals surface area contributed by atoms with Crippen LogP contribution < -0.4 is 10.6 Å². The van der Waals surface area contributed by atoms with Crippen LogP contribution >= 0.6 is 11.3 Å². The van der Waals surface area contributed by atoms with E-state index < -0.39 is 0 Å². The maximum atomic E-state index is 12.3. The molecule has 1 aliphatic rings. The van der Waals surface area contributed by atoms with Crippen LogP contribution in [0.3, 0.4) is 0 Å². The lowest BCUT2D eigenvalue weighted by atomic mass is 10.1. The summed E-state index contributed by atoms with van der Waals surface area (Å²) in [5.74, 6) is 0.168. The molecule has 1 aromatic carbocycles. The van der Waals surface area contributed by atoms with Crippen LogP contribution in [0.1, 0.15) is 10.4 Å². The van der Waals surface area contributed by atoms with E-state index in [1.165, 1.54) is 5.56 Å². The van der Waals surface area contributed by atoms with Crippen LogP contribution in [0.15, 0.2) is 35.7 Å². The molecule has 0 bridgehead atoms. The SMILES string of the molecule is Nc1ccc2c(c1)CCN2C(=O)Cc1cccs1. The quantitative estimate of drug-likeness (QED) is 0.841. The van der Waals surface area contributed by atoms with Crippen LogP contribution in [0.2, 0.25) is 0 Å². The van der Waals surface area contributed by atoms with Crippen molar-refractivity contribution in [1.29, 1.82) is 0 Å². The summed E-state index contributed by atoms with van der Waals surface area (Å²) in [4.78, 5) is 15.2. The first kappa shape index (κ1) is 11.3. The van der Waals surface area contributed by atoms with E-state index in [0.717, 1.165) is 29.2 Å². The zero-order valence-corrected chi connectivity index (χ0v) is 10.7. The Hall–Kier alpha value is -1.81. The van der Waals surface area contributed by atoms with Crippen LogP contribution in [0.5, 0.6) is 0 Å². The van der Waals surface area contributed by atoms with Gasteiger partial charge >= 0.3 is 0 Å². The Balaban J connectivity index is 1.81. The van der Waals surface area contributed by atoms with E-state index in [9.17, 15) is 4.79 Å². The molecule has 0 atom stereocenters. The van der Waals surface area contributed by atoms with E-state index in [1.807, 2.05) is 40.6 Å². The lowest BCUT2D eigenvalue weighted by Crippen LogP contribution is -2.30. The third kappa shape index (κ3) is 1.99. The van der Waals surface area contributed by atoms with Crippen LogP contribution in [-0.2, 0) is 17.6 Å². The van der Waals surface area contributed by atoms with Crippen LogP contribution in [-0.4, -0.2) is 12.5 Å². The average Bonchev–Trinajstić information content (AvgIpc) is 2.97. The van der Waals surface area contributed by atoms with Gasteiger partial charge in [0.05, 0.1) is 6.42 Å². The van der Waals surface area contributed by atoms with E-state index in [0.29, 0.717) is 6.42 Å². The minimum Gasteiger partial charge on any atom is -0.399 e. The Morgan fingerprint density at radius 1 is 1.39 bits per heavy atom. The third-order valence-electron chi connectivity index (χ3n) is 3.21. The van der Waals surface area contributed by atoms with Gasteiger partial charge in [0.25, 0.3) is 0 Å². The molecule has 3 nitrogen and oxygen atoms in total. The fourth-order valence-electron chi connectivity index (χ4n) is 2.34. The number of anilines is 2. The number of nitrogens with two attached hydrogens (primary N) is 1.